The fraction of sp³-hybridized carbons (Fsp3) is 0.219. The summed E-state index contributed by atoms with van der Waals surface area (Å²) in [5.74, 6) is -0.725. The molecule has 47 heavy (non-hydrogen) atoms. The number of nitrogens with zero attached hydrogens (tertiary/aromatic N) is 3. The van der Waals surface area contributed by atoms with Gasteiger partial charge in [0, 0.05) is 55.0 Å². The molecule has 0 saturated carbocycles. The summed E-state index contributed by atoms with van der Waals surface area (Å²) >= 11 is 0. The highest BCUT2D eigenvalue weighted by Crippen LogP contribution is 2.27. The zero-order valence-corrected chi connectivity index (χ0v) is 27.8. The Morgan fingerprint density at radius 1 is 0.979 bits per heavy atom. The Labute approximate surface area is 285 Å². The molecule has 0 radical (unpaired) electrons. The number of primary amides is 1. The highest BCUT2D eigenvalue weighted by atomic mass is 35.5. The first-order valence-electron chi connectivity index (χ1n) is 14.2. The van der Waals surface area contributed by atoms with Crippen molar-refractivity contribution in [1.82, 2.24) is 9.88 Å². The van der Waals surface area contributed by atoms with Crippen molar-refractivity contribution < 1.29 is 27.1 Å². The number of aromatic nitrogens is 1. The number of halogens is 3. The Morgan fingerprint density at radius 3 is 2.23 bits per heavy atom. The molecule has 15 heteroatoms. The molecule has 0 spiro atoms. The van der Waals surface area contributed by atoms with E-state index >= 15 is 0 Å². The average Bonchev–Trinajstić information content (AvgIpc) is 3.01. The van der Waals surface area contributed by atoms with Gasteiger partial charge in [-0.25, -0.2) is 22.6 Å². The molecule has 4 aromatic rings. The van der Waals surface area contributed by atoms with Crippen LogP contribution < -0.4 is 25.4 Å². The van der Waals surface area contributed by atoms with E-state index in [9.17, 15) is 22.4 Å². The predicted octanol–water partition coefficient (Wildman–Crippen LogP) is 6.03. The summed E-state index contributed by atoms with van der Waals surface area (Å²) in [5, 5.41) is 2.80. The monoisotopic (exact) mass is 704 g/mol. The van der Waals surface area contributed by atoms with Gasteiger partial charge in [0.2, 0.25) is 15.9 Å². The molecule has 11 nitrogen and oxygen atoms in total. The topological polar surface area (TPSA) is 147 Å². The van der Waals surface area contributed by atoms with Crippen LogP contribution >= 0.6 is 24.8 Å². The maximum atomic E-state index is 14.0. The minimum Gasteiger partial charge on any atom is -0.439 e. The van der Waals surface area contributed by atoms with Crippen molar-refractivity contribution in [2.24, 2.45) is 5.73 Å². The number of hydrogen-bond acceptors (Lipinski definition) is 7. The fourth-order valence-corrected chi connectivity index (χ4v) is 5.71. The van der Waals surface area contributed by atoms with E-state index in [0.29, 0.717) is 23.9 Å². The smallest absolute Gasteiger partial charge is 0.326 e. The summed E-state index contributed by atoms with van der Waals surface area (Å²) in [6, 6.07) is 22.8. The number of ether oxygens (including phenoxy) is 1. The van der Waals surface area contributed by atoms with Gasteiger partial charge in [-0.15, -0.1) is 24.8 Å². The molecule has 1 aliphatic heterocycles. The summed E-state index contributed by atoms with van der Waals surface area (Å²) in [5.41, 5.74) is 7.43. The molecule has 250 valence electrons. The number of urea groups is 1. The van der Waals surface area contributed by atoms with E-state index in [1.165, 1.54) is 12.1 Å². The number of rotatable bonds is 10. The predicted molar refractivity (Wildman–Crippen MR) is 185 cm³/mol. The first kappa shape index (κ1) is 37.0. The maximum absolute atomic E-state index is 14.0. The van der Waals surface area contributed by atoms with Crippen LogP contribution in [-0.4, -0.2) is 55.6 Å². The summed E-state index contributed by atoms with van der Waals surface area (Å²) in [7, 11) is -3.36. The van der Waals surface area contributed by atoms with Crippen molar-refractivity contribution in [2.45, 2.75) is 25.4 Å². The van der Waals surface area contributed by atoms with E-state index in [4.69, 9.17) is 10.5 Å². The van der Waals surface area contributed by atoms with Gasteiger partial charge >= 0.3 is 6.03 Å². The molecule has 3 aromatic carbocycles. The molecule has 1 saturated heterocycles. The second kappa shape index (κ2) is 16.4. The minimum absolute atomic E-state index is 0. The van der Waals surface area contributed by atoms with Gasteiger partial charge in [-0.2, -0.15) is 0 Å². The van der Waals surface area contributed by atoms with Crippen LogP contribution in [0.5, 0.6) is 11.6 Å². The molecule has 0 aliphatic carbocycles. The lowest BCUT2D eigenvalue weighted by Gasteiger charge is -2.38. The second-order valence-electron chi connectivity index (χ2n) is 10.7. The number of para-hydroxylation sites is 1. The van der Waals surface area contributed by atoms with E-state index in [2.05, 4.69) is 19.9 Å². The van der Waals surface area contributed by atoms with Gasteiger partial charge in [-0.05, 0) is 73.0 Å². The van der Waals surface area contributed by atoms with Crippen LogP contribution in [0.3, 0.4) is 0 Å². The Bertz CT molecular complexity index is 1760. The lowest BCUT2D eigenvalue weighted by atomic mass is 10.0. The highest BCUT2D eigenvalue weighted by Gasteiger charge is 2.29. The molecule has 1 fully saturated rings. The van der Waals surface area contributed by atoms with Gasteiger partial charge in [0.05, 0.1) is 11.8 Å². The highest BCUT2D eigenvalue weighted by molar-refractivity contribution is 7.92. The number of nitrogens with one attached hydrogen (secondary N) is 2. The van der Waals surface area contributed by atoms with E-state index in [1.54, 1.807) is 41.4 Å². The summed E-state index contributed by atoms with van der Waals surface area (Å²) in [6.45, 7) is 2.17. The van der Waals surface area contributed by atoms with Crippen molar-refractivity contribution in [3.8, 4) is 11.6 Å². The number of nitrogens with two attached hydrogens (primary N) is 1. The first-order chi connectivity index (χ1) is 21.5. The van der Waals surface area contributed by atoms with Gasteiger partial charge < -0.3 is 15.8 Å². The van der Waals surface area contributed by atoms with Crippen LogP contribution in [0, 0.1) is 5.82 Å². The van der Waals surface area contributed by atoms with Gasteiger partial charge in [0.25, 0.3) is 5.91 Å². The number of sulfonamides is 1. The molecule has 2 heterocycles. The van der Waals surface area contributed by atoms with Gasteiger partial charge in [-0.3, -0.25) is 19.3 Å². The molecular weight excluding hydrogens is 670 g/mol. The quantitative estimate of drug-likeness (QED) is 0.183. The van der Waals surface area contributed by atoms with Crippen molar-refractivity contribution in [1.29, 1.82) is 0 Å². The van der Waals surface area contributed by atoms with Crippen LogP contribution in [0.25, 0.3) is 0 Å². The van der Waals surface area contributed by atoms with Gasteiger partial charge in [0.15, 0.2) is 0 Å². The summed E-state index contributed by atoms with van der Waals surface area (Å²) < 4.78 is 44.9. The molecular formula is C32H35Cl2FN6O5S. The second-order valence-corrected chi connectivity index (χ2v) is 12.5. The number of benzene rings is 3. The zero-order valence-electron chi connectivity index (χ0n) is 25.3. The Balaban J connectivity index is 0.00000300. The summed E-state index contributed by atoms with van der Waals surface area (Å²) in [6.07, 6.45) is 4.28. The molecule has 0 unspecified atom stereocenters. The third kappa shape index (κ3) is 10.3. The number of pyridine rings is 1. The van der Waals surface area contributed by atoms with Crippen molar-refractivity contribution in [2.75, 3.05) is 34.3 Å². The largest absolute Gasteiger partial charge is 0.439 e. The Hall–Kier alpha value is -4.43. The Morgan fingerprint density at radius 2 is 1.64 bits per heavy atom. The number of carbonyl (C=O) groups is 2. The third-order valence-corrected chi connectivity index (χ3v) is 7.85. The van der Waals surface area contributed by atoms with E-state index in [1.807, 2.05) is 36.4 Å². The van der Waals surface area contributed by atoms with Crippen LogP contribution in [0.2, 0.25) is 0 Å². The fourth-order valence-electron chi connectivity index (χ4n) is 5.14. The van der Waals surface area contributed by atoms with Crippen molar-refractivity contribution >= 4 is 63.8 Å². The van der Waals surface area contributed by atoms with Crippen molar-refractivity contribution in [3.05, 3.63) is 108 Å². The maximum Gasteiger partial charge on any atom is 0.326 e. The van der Waals surface area contributed by atoms with Gasteiger partial charge in [-0.1, -0.05) is 24.3 Å². The number of hydrogen-bond donors (Lipinski definition) is 3. The van der Waals surface area contributed by atoms with E-state index < -0.39 is 21.7 Å². The molecule has 3 amide bonds. The van der Waals surface area contributed by atoms with Crippen LogP contribution in [0.1, 0.15) is 28.8 Å². The molecule has 5 rings (SSSR count). The third-order valence-electron chi connectivity index (χ3n) is 7.24. The number of likely N-dealkylation sites (tertiary alicyclic amines) is 1. The number of anilines is 3. The molecule has 0 atom stereocenters. The minimum atomic E-state index is -3.36. The van der Waals surface area contributed by atoms with E-state index in [-0.39, 0.29) is 48.1 Å². The number of piperidine rings is 1. The number of amides is 3. The summed E-state index contributed by atoms with van der Waals surface area (Å²) in [4.78, 5) is 33.5. The van der Waals surface area contributed by atoms with Crippen LogP contribution in [-0.2, 0) is 16.6 Å². The number of carbonyl (C=O) groups excluding carboxylic acids is 2. The van der Waals surface area contributed by atoms with Gasteiger partial charge in [0.1, 0.15) is 11.6 Å². The zero-order chi connectivity index (χ0) is 32.0. The normalized spacial score (nSPS) is 13.4. The lowest BCUT2D eigenvalue weighted by Crippen LogP contribution is -2.49. The first-order valence-corrected chi connectivity index (χ1v) is 16.1. The van der Waals surface area contributed by atoms with Crippen molar-refractivity contribution in [3.63, 3.8) is 0 Å². The molecule has 0 bridgehead atoms. The molecule has 1 aromatic heterocycles. The van der Waals surface area contributed by atoms with Crippen LogP contribution in [0.4, 0.5) is 26.2 Å². The lowest BCUT2D eigenvalue weighted by molar-refractivity contribution is 0.0996. The average molecular weight is 706 g/mol. The molecule has 4 N–H and O–H groups in total. The SMILES string of the molecule is CS(=O)(=O)Nc1ccc(Oc2ccc(CN3CCC(N(C(=O)Nc4ccc(F)c(C(N)=O)c4)c4ccccc4)CC3)cn2)cc1.Cl.Cl. The van der Waals surface area contributed by atoms with Crippen LogP contribution in [0.15, 0.2) is 91.1 Å². The van der Waals surface area contributed by atoms with E-state index in [0.717, 1.165) is 49.5 Å². The Kier molecular flexibility index (Phi) is 12.9. The molecule has 1 aliphatic rings. The standard InChI is InChI=1S/C32H33FN6O5S.2ClH/c1-45(42,43)37-23-8-11-27(12-9-23)44-30-14-7-22(20-35-30)21-38-17-15-26(16-18-38)39(25-5-3-2-4-6-25)32(41)36-24-10-13-29(33)28(19-24)31(34)40;;/h2-14,19-20,26,37H,15-18,21H2,1H3,(H2,34,40)(H,36,41);2*1H.